The minimum absolute atomic E-state index is 0.00234. The fourth-order valence-corrected chi connectivity index (χ4v) is 7.46. The quantitative estimate of drug-likeness (QED) is 0.0585. The van der Waals surface area contributed by atoms with Crippen LogP contribution in [0.5, 0.6) is 0 Å². The first-order chi connectivity index (χ1) is 30.5. The Morgan fingerprint density at radius 1 is 0.937 bits per heavy atom. The number of anilines is 4. The van der Waals surface area contributed by atoms with Crippen LogP contribution < -0.4 is 31.9 Å². The summed E-state index contributed by atoms with van der Waals surface area (Å²) in [4.78, 5) is 73.6. The van der Waals surface area contributed by atoms with Crippen LogP contribution in [0, 0.1) is 0 Å². The highest BCUT2D eigenvalue weighted by Gasteiger charge is 2.45. The summed E-state index contributed by atoms with van der Waals surface area (Å²) in [7, 11) is 0. The number of aromatic nitrogens is 4. The molecule has 1 saturated heterocycles. The van der Waals surface area contributed by atoms with Gasteiger partial charge in [-0.15, -0.1) is 0 Å². The van der Waals surface area contributed by atoms with Crippen LogP contribution in [0.15, 0.2) is 89.6 Å². The zero-order chi connectivity index (χ0) is 44.2. The molecule has 3 aromatic carbocycles. The third-order valence-electron chi connectivity index (χ3n) is 11.0. The number of nitrogens with zero attached hydrogens (tertiary/aromatic N) is 5. The summed E-state index contributed by atoms with van der Waals surface area (Å²) >= 11 is 0. The molecule has 0 radical (unpaired) electrons. The van der Waals surface area contributed by atoms with Crippen LogP contribution in [0.25, 0.3) is 17.1 Å². The highest BCUT2D eigenvalue weighted by Crippen LogP contribution is 2.33. The molecule has 63 heavy (non-hydrogen) atoms. The van der Waals surface area contributed by atoms with E-state index in [4.69, 9.17) is 9.40 Å². The van der Waals surface area contributed by atoms with Crippen LogP contribution in [0.1, 0.15) is 89.1 Å². The molecule has 1 unspecified atom stereocenters. The molecule has 7 N–H and O–H groups in total. The molecule has 324 valence electrons. The first kappa shape index (κ1) is 42.1. The van der Waals surface area contributed by atoms with Gasteiger partial charge < -0.3 is 36.1 Å². The van der Waals surface area contributed by atoms with Crippen molar-refractivity contribution in [3.63, 3.8) is 0 Å². The van der Waals surface area contributed by atoms with E-state index in [0.29, 0.717) is 41.0 Å². The van der Waals surface area contributed by atoms with Gasteiger partial charge in [-0.3, -0.25) is 29.4 Å². The molecule has 8 rings (SSSR count). The Bertz CT molecular complexity index is 2690. The number of carbonyl (C=O) groups excluding carboxylic acids is 5. The number of piperidine rings is 1. The van der Waals surface area contributed by atoms with Crippen molar-refractivity contribution in [2.45, 2.75) is 77.7 Å². The van der Waals surface area contributed by atoms with Gasteiger partial charge in [0.25, 0.3) is 11.8 Å². The summed E-state index contributed by atoms with van der Waals surface area (Å²) in [5, 5.41) is 32.2. The topological polar surface area (TPSA) is 237 Å². The largest absolute Gasteiger partial charge is 0.439 e. The molecular formula is C45H47N11O7. The molecule has 18 nitrogen and oxygen atoms in total. The normalized spacial score (nSPS) is 15.4. The Balaban J connectivity index is 0.818. The molecule has 18 heteroatoms. The van der Waals surface area contributed by atoms with Crippen LogP contribution in [0.3, 0.4) is 0 Å². The molecule has 2 atom stereocenters. The van der Waals surface area contributed by atoms with Crippen molar-refractivity contribution in [2.75, 3.05) is 27.9 Å². The second-order valence-corrected chi connectivity index (χ2v) is 15.7. The fraction of sp³-hybridized carbons (Fsp3) is 0.289. The van der Waals surface area contributed by atoms with Crippen molar-refractivity contribution >= 4 is 58.3 Å². The van der Waals surface area contributed by atoms with Gasteiger partial charge in [-0.1, -0.05) is 51.1 Å². The van der Waals surface area contributed by atoms with Crippen LogP contribution in [0.4, 0.5) is 27.8 Å². The fourth-order valence-electron chi connectivity index (χ4n) is 7.46. The van der Waals surface area contributed by atoms with Gasteiger partial charge in [-0.2, -0.15) is 9.61 Å². The molecular weight excluding hydrogens is 807 g/mol. The van der Waals surface area contributed by atoms with E-state index in [1.807, 2.05) is 67.7 Å². The molecule has 0 saturated carbocycles. The lowest BCUT2D eigenvalue weighted by atomic mass is 10.0. The maximum atomic E-state index is 13.4. The predicted molar refractivity (Wildman–Crippen MR) is 234 cm³/mol. The number of carbonyl (C=O) groups is 5. The predicted octanol–water partition coefficient (Wildman–Crippen LogP) is 5.64. The smallest absolute Gasteiger partial charge is 0.319 e. The van der Waals surface area contributed by atoms with Crippen molar-refractivity contribution in [3.05, 3.63) is 119 Å². The first-order valence-electron chi connectivity index (χ1n) is 20.8. The zero-order valence-corrected chi connectivity index (χ0v) is 34.9. The molecule has 2 aliphatic rings. The average Bonchev–Trinajstić information content (AvgIpc) is 4.01. The number of aliphatic hydroxyl groups excluding tert-OH is 1. The number of imide groups is 2. The molecule has 6 amide bonds. The standard InChI is InChI=1S/C45H47N11O7/c1-4-29(24-57)51-36-18-37(56-40(53-36)33(23-50-56)25(2)3)47-19-27-10-14-30(15-11-27)52-45(62)49-20-26-8-12-28(13-9-26)42-48-22-31(63-42)21-46-34-7-5-6-32-39(34)44(61)55(43(32)60)35-16-17-38(58)54-41(35)59/h5-15,18,22-23,25,29,35,46-47,57H,4,16-17,19-21,24H2,1-3H3,(H,51,53)(H2,49,52,62)(H,54,58,59)/t29-,35?/m0/s1. The van der Waals surface area contributed by atoms with E-state index in [9.17, 15) is 29.1 Å². The maximum absolute atomic E-state index is 13.4. The minimum atomic E-state index is -1.06. The van der Waals surface area contributed by atoms with E-state index in [-0.39, 0.29) is 61.7 Å². The SMILES string of the molecule is CC[C@@H](CO)Nc1cc(NCc2ccc(NC(=O)NCc3ccc(-c4ncc(CNc5cccc6c5C(=O)N(C5CCC(=O)NC5=O)C6=O)o4)cc3)cc2)n2ncc(C(C)C)c2n1. The van der Waals surface area contributed by atoms with Crippen molar-refractivity contribution in [1.82, 2.24) is 35.1 Å². The second-order valence-electron chi connectivity index (χ2n) is 15.7. The lowest BCUT2D eigenvalue weighted by Gasteiger charge is -2.27. The number of nitrogens with one attached hydrogen (secondary N) is 6. The second kappa shape index (κ2) is 18.2. The highest BCUT2D eigenvalue weighted by atomic mass is 16.4. The van der Waals surface area contributed by atoms with Gasteiger partial charge in [0.15, 0.2) is 5.65 Å². The first-order valence-corrected chi connectivity index (χ1v) is 20.8. The molecule has 0 aliphatic carbocycles. The van der Waals surface area contributed by atoms with E-state index in [0.717, 1.165) is 39.5 Å². The van der Waals surface area contributed by atoms with E-state index in [2.05, 4.69) is 55.8 Å². The number of oxazole rings is 1. The number of aliphatic hydroxyl groups is 1. The van der Waals surface area contributed by atoms with Crippen molar-refractivity contribution in [1.29, 1.82) is 0 Å². The van der Waals surface area contributed by atoms with E-state index in [1.165, 1.54) is 6.07 Å². The van der Waals surface area contributed by atoms with Gasteiger partial charge in [0.05, 0.1) is 42.7 Å². The van der Waals surface area contributed by atoms with Gasteiger partial charge in [-0.25, -0.2) is 14.8 Å². The number of hydrogen-bond acceptors (Lipinski definition) is 13. The maximum Gasteiger partial charge on any atom is 0.319 e. The Morgan fingerprint density at radius 3 is 2.43 bits per heavy atom. The number of urea groups is 1. The van der Waals surface area contributed by atoms with Crippen molar-refractivity contribution in [2.24, 2.45) is 0 Å². The van der Waals surface area contributed by atoms with Gasteiger partial charge in [0, 0.05) is 48.1 Å². The van der Waals surface area contributed by atoms with Gasteiger partial charge in [-0.05, 0) is 66.3 Å². The monoisotopic (exact) mass is 853 g/mol. The van der Waals surface area contributed by atoms with E-state index in [1.54, 1.807) is 22.8 Å². The summed E-state index contributed by atoms with van der Waals surface area (Å²) in [6.07, 6.45) is 4.25. The number of amides is 6. The van der Waals surface area contributed by atoms with E-state index < -0.39 is 29.7 Å². The van der Waals surface area contributed by atoms with Crippen LogP contribution in [0.2, 0.25) is 0 Å². The number of benzene rings is 3. The minimum Gasteiger partial charge on any atom is -0.439 e. The summed E-state index contributed by atoms with van der Waals surface area (Å²) in [5.74, 6) is 0.188. The molecule has 5 heterocycles. The van der Waals surface area contributed by atoms with Gasteiger partial charge in [0.1, 0.15) is 23.4 Å². The lowest BCUT2D eigenvalue weighted by molar-refractivity contribution is -0.136. The van der Waals surface area contributed by atoms with Crippen LogP contribution >= 0.6 is 0 Å². The van der Waals surface area contributed by atoms with Crippen molar-refractivity contribution < 1.29 is 33.5 Å². The van der Waals surface area contributed by atoms with Crippen LogP contribution in [-0.2, 0) is 29.2 Å². The number of hydrogen-bond donors (Lipinski definition) is 7. The van der Waals surface area contributed by atoms with E-state index >= 15 is 0 Å². The molecule has 0 spiro atoms. The summed E-state index contributed by atoms with van der Waals surface area (Å²) in [6.45, 7) is 7.13. The molecule has 1 fully saturated rings. The third-order valence-corrected chi connectivity index (χ3v) is 11.0. The molecule has 0 bridgehead atoms. The summed E-state index contributed by atoms with van der Waals surface area (Å²) < 4.78 is 7.77. The Labute approximate surface area is 361 Å². The lowest BCUT2D eigenvalue weighted by Crippen LogP contribution is -2.54. The average molecular weight is 854 g/mol. The summed E-state index contributed by atoms with van der Waals surface area (Å²) in [5.41, 5.74) is 5.69. The number of rotatable bonds is 16. The zero-order valence-electron chi connectivity index (χ0n) is 34.9. The Morgan fingerprint density at radius 2 is 1.70 bits per heavy atom. The third kappa shape index (κ3) is 9.06. The number of fused-ring (bicyclic) bond motifs is 2. The molecule has 3 aromatic heterocycles. The van der Waals surface area contributed by atoms with Crippen molar-refractivity contribution in [3.8, 4) is 11.5 Å². The Kier molecular flexibility index (Phi) is 12.1. The van der Waals surface area contributed by atoms with Gasteiger partial charge >= 0.3 is 6.03 Å². The Hall–Kier alpha value is -7.60. The molecule has 2 aliphatic heterocycles. The van der Waals surface area contributed by atoms with Crippen LogP contribution in [-0.4, -0.2) is 77.9 Å². The highest BCUT2D eigenvalue weighted by molar-refractivity contribution is 6.25. The van der Waals surface area contributed by atoms with Gasteiger partial charge in [0.2, 0.25) is 17.7 Å². The summed E-state index contributed by atoms with van der Waals surface area (Å²) in [6, 6.07) is 20.1. The molecule has 6 aromatic rings.